The number of aromatic nitrogens is 3. The Morgan fingerprint density at radius 1 is 0.962 bits per heavy atom. The summed E-state index contributed by atoms with van der Waals surface area (Å²) in [6.07, 6.45) is 1.78. The summed E-state index contributed by atoms with van der Waals surface area (Å²) in [4.78, 5) is 16.9. The van der Waals surface area contributed by atoms with Crippen LogP contribution in [0.3, 0.4) is 0 Å². The minimum atomic E-state index is -0.138. The molecule has 0 saturated heterocycles. The molecule has 0 unspecified atom stereocenters. The Morgan fingerprint density at radius 2 is 1.69 bits per heavy atom. The van der Waals surface area contributed by atoms with Gasteiger partial charge in [0.15, 0.2) is 0 Å². The second kappa shape index (κ2) is 6.44. The number of nitrogens with zero attached hydrogens (tertiary/aromatic N) is 3. The second-order valence-electron chi connectivity index (χ2n) is 6.22. The molecule has 0 fully saturated rings. The number of hydrogen-bond donors (Lipinski definition) is 1. The SMILES string of the molecule is Cc1cc(-n2ncc3c(NC(=O)c4ccccc4)cccc32)cc(C)n1. The van der Waals surface area contributed by atoms with Crippen LogP contribution >= 0.6 is 0 Å². The van der Waals surface area contributed by atoms with Crippen molar-refractivity contribution in [3.8, 4) is 5.69 Å². The Labute approximate surface area is 151 Å². The number of anilines is 1. The zero-order valence-corrected chi connectivity index (χ0v) is 14.6. The van der Waals surface area contributed by atoms with Gasteiger partial charge < -0.3 is 5.32 Å². The number of carbonyl (C=O) groups excluding carboxylic acids is 1. The van der Waals surface area contributed by atoms with Crippen LogP contribution in [0.15, 0.2) is 66.9 Å². The van der Waals surface area contributed by atoms with Gasteiger partial charge in [-0.3, -0.25) is 9.78 Å². The molecule has 0 aliphatic carbocycles. The summed E-state index contributed by atoms with van der Waals surface area (Å²) in [5.41, 5.74) is 5.13. The predicted octanol–water partition coefficient (Wildman–Crippen LogP) is 4.29. The van der Waals surface area contributed by atoms with Crippen LogP contribution in [0.25, 0.3) is 16.6 Å². The van der Waals surface area contributed by atoms with Crippen LogP contribution in [0.1, 0.15) is 21.7 Å². The highest BCUT2D eigenvalue weighted by Crippen LogP contribution is 2.26. The number of amides is 1. The molecule has 0 bridgehead atoms. The van der Waals surface area contributed by atoms with Gasteiger partial charge in [0.2, 0.25) is 0 Å². The van der Waals surface area contributed by atoms with Crippen molar-refractivity contribution < 1.29 is 4.79 Å². The first-order chi connectivity index (χ1) is 12.6. The molecule has 0 radical (unpaired) electrons. The second-order valence-corrected chi connectivity index (χ2v) is 6.22. The predicted molar refractivity (Wildman–Crippen MR) is 103 cm³/mol. The van der Waals surface area contributed by atoms with Crippen LogP contribution in [0.4, 0.5) is 5.69 Å². The van der Waals surface area contributed by atoms with Gasteiger partial charge in [-0.05, 0) is 50.2 Å². The fourth-order valence-corrected chi connectivity index (χ4v) is 3.08. The fourth-order valence-electron chi connectivity index (χ4n) is 3.08. The minimum absolute atomic E-state index is 0.138. The van der Waals surface area contributed by atoms with Gasteiger partial charge in [0.1, 0.15) is 0 Å². The normalized spacial score (nSPS) is 10.8. The minimum Gasteiger partial charge on any atom is -0.321 e. The summed E-state index contributed by atoms with van der Waals surface area (Å²) in [7, 11) is 0. The summed E-state index contributed by atoms with van der Waals surface area (Å²) in [6, 6.07) is 19.0. The molecule has 128 valence electrons. The largest absolute Gasteiger partial charge is 0.321 e. The van der Waals surface area contributed by atoms with E-state index in [-0.39, 0.29) is 5.91 Å². The fraction of sp³-hybridized carbons (Fsp3) is 0.0952. The third kappa shape index (κ3) is 2.95. The number of aryl methyl sites for hydroxylation is 2. The van der Waals surface area contributed by atoms with Crippen molar-refractivity contribution in [2.24, 2.45) is 0 Å². The number of rotatable bonds is 3. The standard InChI is InChI=1S/C21H18N4O/c1-14-11-17(12-15(2)23-14)25-20-10-6-9-19(18(20)13-22-25)24-21(26)16-7-4-3-5-8-16/h3-13H,1-2H3,(H,24,26). The third-order valence-electron chi connectivity index (χ3n) is 4.21. The van der Waals surface area contributed by atoms with E-state index < -0.39 is 0 Å². The quantitative estimate of drug-likeness (QED) is 0.604. The Morgan fingerprint density at radius 3 is 2.42 bits per heavy atom. The van der Waals surface area contributed by atoms with Gasteiger partial charge >= 0.3 is 0 Å². The molecular formula is C21H18N4O. The number of hydrogen-bond acceptors (Lipinski definition) is 3. The van der Waals surface area contributed by atoms with Gasteiger partial charge in [0, 0.05) is 22.3 Å². The van der Waals surface area contributed by atoms with Crippen LogP contribution in [0, 0.1) is 13.8 Å². The molecule has 2 heterocycles. The van der Waals surface area contributed by atoms with E-state index in [2.05, 4.69) is 15.4 Å². The van der Waals surface area contributed by atoms with E-state index in [1.807, 2.05) is 67.1 Å². The molecule has 1 N–H and O–H groups in total. The van der Waals surface area contributed by atoms with Crippen LogP contribution in [0.2, 0.25) is 0 Å². The Balaban J connectivity index is 1.75. The number of nitrogens with one attached hydrogen (secondary N) is 1. The van der Waals surface area contributed by atoms with E-state index in [4.69, 9.17) is 0 Å². The molecule has 4 rings (SSSR count). The highest BCUT2D eigenvalue weighted by Gasteiger charge is 2.12. The molecule has 4 aromatic rings. The average molecular weight is 342 g/mol. The average Bonchev–Trinajstić information content (AvgIpc) is 3.07. The van der Waals surface area contributed by atoms with Crippen molar-refractivity contribution >= 4 is 22.5 Å². The maximum absolute atomic E-state index is 12.5. The molecule has 0 aliphatic heterocycles. The molecule has 0 spiro atoms. The van der Waals surface area contributed by atoms with Crippen molar-refractivity contribution in [3.63, 3.8) is 0 Å². The number of benzene rings is 2. The summed E-state index contributed by atoms with van der Waals surface area (Å²) < 4.78 is 1.87. The summed E-state index contributed by atoms with van der Waals surface area (Å²) in [6.45, 7) is 3.93. The first kappa shape index (κ1) is 16.0. The lowest BCUT2D eigenvalue weighted by molar-refractivity contribution is 0.102. The Bertz CT molecular complexity index is 1080. The maximum atomic E-state index is 12.5. The van der Waals surface area contributed by atoms with Crippen LogP contribution in [-0.4, -0.2) is 20.7 Å². The molecule has 2 aromatic heterocycles. The van der Waals surface area contributed by atoms with Crippen molar-refractivity contribution in [2.75, 3.05) is 5.32 Å². The smallest absolute Gasteiger partial charge is 0.255 e. The van der Waals surface area contributed by atoms with Crippen LogP contribution in [0.5, 0.6) is 0 Å². The van der Waals surface area contributed by atoms with E-state index in [1.165, 1.54) is 0 Å². The highest BCUT2D eigenvalue weighted by molar-refractivity contribution is 6.08. The molecule has 0 saturated carbocycles. The van der Waals surface area contributed by atoms with Gasteiger partial charge in [-0.1, -0.05) is 24.3 Å². The maximum Gasteiger partial charge on any atom is 0.255 e. The van der Waals surface area contributed by atoms with Crippen molar-refractivity contribution in [3.05, 3.63) is 83.8 Å². The molecule has 5 heteroatoms. The molecule has 0 atom stereocenters. The zero-order chi connectivity index (χ0) is 18.1. The highest BCUT2D eigenvalue weighted by atomic mass is 16.1. The lowest BCUT2D eigenvalue weighted by Gasteiger charge is -2.08. The van der Waals surface area contributed by atoms with Crippen molar-refractivity contribution in [2.45, 2.75) is 13.8 Å². The van der Waals surface area contributed by atoms with E-state index in [0.29, 0.717) is 5.56 Å². The zero-order valence-electron chi connectivity index (χ0n) is 14.6. The van der Waals surface area contributed by atoms with Crippen LogP contribution < -0.4 is 5.32 Å². The van der Waals surface area contributed by atoms with E-state index in [9.17, 15) is 4.79 Å². The van der Waals surface area contributed by atoms with Gasteiger partial charge in [0.05, 0.1) is 23.1 Å². The Hall–Kier alpha value is -3.47. The third-order valence-corrected chi connectivity index (χ3v) is 4.21. The Kier molecular flexibility index (Phi) is 3.97. The lowest BCUT2D eigenvalue weighted by Crippen LogP contribution is -2.11. The van der Waals surface area contributed by atoms with E-state index >= 15 is 0 Å². The lowest BCUT2D eigenvalue weighted by atomic mass is 10.2. The summed E-state index contributed by atoms with van der Waals surface area (Å²) >= 11 is 0. The molecule has 5 nitrogen and oxygen atoms in total. The first-order valence-electron chi connectivity index (χ1n) is 8.40. The number of pyridine rings is 1. The first-order valence-corrected chi connectivity index (χ1v) is 8.40. The topological polar surface area (TPSA) is 59.8 Å². The van der Waals surface area contributed by atoms with Crippen molar-refractivity contribution in [1.82, 2.24) is 14.8 Å². The number of carbonyl (C=O) groups is 1. The van der Waals surface area contributed by atoms with Gasteiger partial charge in [-0.15, -0.1) is 0 Å². The monoisotopic (exact) mass is 342 g/mol. The summed E-state index contributed by atoms with van der Waals surface area (Å²) in [5, 5.41) is 8.40. The van der Waals surface area contributed by atoms with Crippen molar-refractivity contribution in [1.29, 1.82) is 0 Å². The summed E-state index contributed by atoms with van der Waals surface area (Å²) in [5.74, 6) is -0.138. The molecule has 0 aliphatic rings. The van der Waals surface area contributed by atoms with Gasteiger partial charge in [0.25, 0.3) is 5.91 Å². The molecular weight excluding hydrogens is 324 g/mol. The van der Waals surface area contributed by atoms with Crippen LogP contribution in [-0.2, 0) is 0 Å². The van der Waals surface area contributed by atoms with E-state index in [0.717, 1.165) is 33.7 Å². The van der Waals surface area contributed by atoms with Gasteiger partial charge in [-0.2, -0.15) is 5.10 Å². The molecule has 2 aromatic carbocycles. The molecule has 26 heavy (non-hydrogen) atoms. The number of fused-ring (bicyclic) bond motifs is 1. The molecule has 1 amide bonds. The van der Waals surface area contributed by atoms with Gasteiger partial charge in [-0.25, -0.2) is 4.68 Å². The van der Waals surface area contributed by atoms with E-state index in [1.54, 1.807) is 18.3 Å².